The van der Waals surface area contributed by atoms with Crippen LogP contribution in [-0.4, -0.2) is 91.9 Å². The SMILES string of the molecule is CCN1CCN(CCNC(=O)[C@H]2CCCN(S(=O)(=O)c3ccc4c(ccn4CC)c3)C2)CC1. The average molecular weight is 476 g/mol. The Morgan fingerprint density at radius 3 is 2.52 bits per heavy atom. The number of benzene rings is 1. The van der Waals surface area contributed by atoms with E-state index in [1.165, 1.54) is 4.31 Å². The summed E-state index contributed by atoms with van der Waals surface area (Å²) in [5, 5.41) is 3.97. The summed E-state index contributed by atoms with van der Waals surface area (Å²) in [4.78, 5) is 17.9. The van der Waals surface area contributed by atoms with Crippen LogP contribution >= 0.6 is 0 Å². The predicted molar refractivity (Wildman–Crippen MR) is 131 cm³/mol. The minimum absolute atomic E-state index is 0.0300. The Morgan fingerprint density at radius 2 is 1.79 bits per heavy atom. The number of aromatic nitrogens is 1. The normalized spacial score (nSPS) is 21.5. The summed E-state index contributed by atoms with van der Waals surface area (Å²) in [5.41, 5.74) is 1.03. The highest BCUT2D eigenvalue weighted by Crippen LogP contribution is 2.27. The average Bonchev–Trinajstić information content (AvgIpc) is 3.27. The molecule has 3 heterocycles. The first kappa shape index (κ1) is 24.2. The number of hydrogen-bond donors (Lipinski definition) is 1. The van der Waals surface area contributed by atoms with E-state index in [9.17, 15) is 13.2 Å². The van der Waals surface area contributed by atoms with E-state index in [2.05, 4.69) is 33.5 Å². The van der Waals surface area contributed by atoms with Gasteiger partial charge in [-0.25, -0.2) is 8.42 Å². The fourth-order valence-electron chi connectivity index (χ4n) is 4.95. The predicted octanol–water partition coefficient (Wildman–Crippen LogP) is 1.82. The van der Waals surface area contributed by atoms with E-state index < -0.39 is 10.0 Å². The fourth-order valence-corrected chi connectivity index (χ4v) is 6.51. The zero-order valence-corrected chi connectivity index (χ0v) is 20.7. The largest absolute Gasteiger partial charge is 0.355 e. The molecule has 1 aromatic carbocycles. The van der Waals surface area contributed by atoms with Crippen LogP contribution in [0.1, 0.15) is 26.7 Å². The van der Waals surface area contributed by atoms with Crippen LogP contribution in [0.3, 0.4) is 0 Å². The van der Waals surface area contributed by atoms with Gasteiger partial charge in [-0.05, 0) is 50.6 Å². The molecule has 1 atom stereocenters. The second-order valence-electron chi connectivity index (χ2n) is 9.09. The number of carbonyl (C=O) groups excluding carboxylic acids is 1. The molecule has 1 aromatic heterocycles. The van der Waals surface area contributed by atoms with Crippen molar-refractivity contribution in [3.8, 4) is 0 Å². The molecule has 0 spiro atoms. The van der Waals surface area contributed by atoms with Crippen molar-refractivity contribution in [3.05, 3.63) is 30.5 Å². The highest BCUT2D eigenvalue weighted by atomic mass is 32.2. The molecular weight excluding hydrogens is 438 g/mol. The third-order valence-electron chi connectivity index (χ3n) is 7.12. The number of hydrogen-bond acceptors (Lipinski definition) is 5. The summed E-state index contributed by atoms with van der Waals surface area (Å²) >= 11 is 0. The summed E-state index contributed by atoms with van der Waals surface area (Å²) in [6.07, 6.45) is 3.40. The molecule has 2 aliphatic heterocycles. The van der Waals surface area contributed by atoms with Gasteiger partial charge in [-0.2, -0.15) is 4.31 Å². The van der Waals surface area contributed by atoms with Crippen LogP contribution in [0.15, 0.2) is 35.4 Å². The first-order valence-corrected chi connectivity index (χ1v) is 13.7. The van der Waals surface area contributed by atoms with E-state index in [4.69, 9.17) is 0 Å². The molecular formula is C24H37N5O3S. The molecule has 2 fully saturated rings. The van der Waals surface area contributed by atoms with Gasteiger partial charge in [-0.1, -0.05) is 6.92 Å². The number of amides is 1. The van der Waals surface area contributed by atoms with Gasteiger partial charge in [-0.3, -0.25) is 9.69 Å². The number of nitrogens with one attached hydrogen (secondary N) is 1. The molecule has 1 amide bonds. The summed E-state index contributed by atoms with van der Waals surface area (Å²) in [6.45, 7) is 12.6. The Morgan fingerprint density at radius 1 is 1.03 bits per heavy atom. The van der Waals surface area contributed by atoms with Gasteiger partial charge in [-0.15, -0.1) is 0 Å². The van der Waals surface area contributed by atoms with Crippen molar-refractivity contribution >= 4 is 26.8 Å². The number of rotatable bonds is 8. The maximum absolute atomic E-state index is 13.3. The first-order chi connectivity index (χ1) is 15.9. The summed E-state index contributed by atoms with van der Waals surface area (Å²) in [6, 6.07) is 7.26. The number of sulfonamides is 1. The highest BCUT2D eigenvalue weighted by molar-refractivity contribution is 7.89. The van der Waals surface area contributed by atoms with E-state index in [1.54, 1.807) is 12.1 Å². The van der Waals surface area contributed by atoms with Crippen molar-refractivity contribution in [1.29, 1.82) is 0 Å². The third kappa shape index (κ3) is 5.42. The van der Waals surface area contributed by atoms with Gasteiger partial charge in [0.1, 0.15) is 0 Å². The lowest BCUT2D eigenvalue weighted by Crippen LogP contribution is -2.49. The van der Waals surface area contributed by atoms with Gasteiger partial charge >= 0.3 is 0 Å². The number of aryl methyl sites for hydroxylation is 1. The minimum atomic E-state index is -3.63. The van der Waals surface area contributed by atoms with Gasteiger partial charge in [0.05, 0.1) is 10.8 Å². The molecule has 2 saturated heterocycles. The molecule has 9 heteroatoms. The van der Waals surface area contributed by atoms with Crippen LogP contribution in [0.25, 0.3) is 10.9 Å². The van der Waals surface area contributed by atoms with E-state index in [-0.39, 0.29) is 18.4 Å². The number of carbonyl (C=O) groups is 1. The molecule has 182 valence electrons. The van der Waals surface area contributed by atoms with Crippen LogP contribution in [0.2, 0.25) is 0 Å². The van der Waals surface area contributed by atoms with Gasteiger partial charge in [0.15, 0.2) is 0 Å². The van der Waals surface area contributed by atoms with E-state index in [0.717, 1.165) is 63.1 Å². The molecule has 2 aliphatic rings. The lowest BCUT2D eigenvalue weighted by atomic mass is 9.99. The highest BCUT2D eigenvalue weighted by Gasteiger charge is 2.33. The topological polar surface area (TPSA) is 77.9 Å². The molecule has 0 radical (unpaired) electrons. The molecule has 1 N–H and O–H groups in total. The molecule has 0 bridgehead atoms. The second kappa shape index (κ2) is 10.5. The Bertz CT molecular complexity index is 1060. The lowest BCUT2D eigenvalue weighted by molar-refractivity contribution is -0.126. The first-order valence-electron chi connectivity index (χ1n) is 12.2. The van der Waals surface area contributed by atoms with Gasteiger partial charge in [0, 0.05) is 76.0 Å². The number of fused-ring (bicyclic) bond motifs is 1. The maximum atomic E-state index is 13.3. The van der Waals surface area contributed by atoms with Crippen molar-refractivity contribution < 1.29 is 13.2 Å². The molecule has 4 rings (SSSR count). The Balaban J connectivity index is 1.33. The molecule has 2 aromatic rings. The summed E-state index contributed by atoms with van der Waals surface area (Å²) in [5.74, 6) is -0.326. The van der Waals surface area contributed by atoms with Crippen LogP contribution in [0.5, 0.6) is 0 Å². The van der Waals surface area contributed by atoms with E-state index in [1.807, 2.05) is 18.3 Å². The van der Waals surface area contributed by atoms with Crippen molar-refractivity contribution in [2.24, 2.45) is 5.92 Å². The van der Waals surface area contributed by atoms with Gasteiger partial charge in [0.25, 0.3) is 0 Å². The van der Waals surface area contributed by atoms with Crippen LogP contribution in [-0.2, 0) is 21.4 Å². The standard InChI is InChI=1S/C24H37N5O3S/c1-3-26-14-16-27(17-15-26)13-10-25-24(30)21-6-5-11-29(19-21)33(31,32)22-7-8-23-20(18-22)9-12-28(23)4-2/h7-9,12,18,21H,3-6,10-11,13-17,19H2,1-2H3,(H,25,30)/t21-/m0/s1. The minimum Gasteiger partial charge on any atom is -0.355 e. The Labute approximate surface area is 197 Å². The number of likely N-dealkylation sites (N-methyl/N-ethyl adjacent to an activating group) is 1. The maximum Gasteiger partial charge on any atom is 0.243 e. The fraction of sp³-hybridized carbons (Fsp3) is 0.625. The number of piperazine rings is 1. The summed E-state index contributed by atoms with van der Waals surface area (Å²) < 4.78 is 30.2. The smallest absolute Gasteiger partial charge is 0.243 e. The van der Waals surface area contributed by atoms with E-state index in [0.29, 0.717) is 24.4 Å². The third-order valence-corrected chi connectivity index (χ3v) is 8.98. The molecule has 8 nitrogen and oxygen atoms in total. The van der Waals surface area contributed by atoms with Crippen molar-refractivity contribution in [3.63, 3.8) is 0 Å². The molecule has 0 unspecified atom stereocenters. The second-order valence-corrected chi connectivity index (χ2v) is 11.0. The van der Waals surface area contributed by atoms with Crippen LogP contribution < -0.4 is 5.32 Å². The quantitative estimate of drug-likeness (QED) is 0.630. The van der Waals surface area contributed by atoms with Crippen LogP contribution in [0.4, 0.5) is 0 Å². The number of nitrogens with zero attached hydrogens (tertiary/aromatic N) is 4. The number of piperidine rings is 1. The molecule has 0 aliphatic carbocycles. The molecule has 0 saturated carbocycles. The summed E-state index contributed by atoms with van der Waals surface area (Å²) in [7, 11) is -3.63. The van der Waals surface area contributed by atoms with Gasteiger partial charge in [0.2, 0.25) is 15.9 Å². The van der Waals surface area contributed by atoms with Crippen molar-refractivity contribution in [2.45, 2.75) is 38.1 Å². The van der Waals surface area contributed by atoms with Gasteiger partial charge < -0.3 is 14.8 Å². The zero-order valence-electron chi connectivity index (χ0n) is 19.9. The lowest BCUT2D eigenvalue weighted by Gasteiger charge is -2.34. The Kier molecular flexibility index (Phi) is 7.73. The zero-order chi connectivity index (χ0) is 23.4. The Hall–Kier alpha value is -1.94. The molecule has 33 heavy (non-hydrogen) atoms. The van der Waals surface area contributed by atoms with Crippen molar-refractivity contribution in [2.75, 3.05) is 58.9 Å². The van der Waals surface area contributed by atoms with E-state index >= 15 is 0 Å². The van der Waals surface area contributed by atoms with Crippen molar-refractivity contribution in [1.82, 2.24) is 24.0 Å². The van der Waals surface area contributed by atoms with Crippen LogP contribution in [0, 0.1) is 5.92 Å². The monoisotopic (exact) mass is 475 g/mol.